The van der Waals surface area contributed by atoms with Crippen molar-refractivity contribution in [1.29, 1.82) is 0 Å². The van der Waals surface area contributed by atoms with E-state index in [0.29, 0.717) is 15.1 Å². The normalized spacial score (nSPS) is 10.4. The number of hydrogen-bond donors (Lipinski definition) is 1. The molecular weight excluding hydrogens is 267 g/mol. The summed E-state index contributed by atoms with van der Waals surface area (Å²) in [6.45, 7) is 0. The van der Waals surface area contributed by atoms with Gasteiger partial charge in [0.05, 0.1) is 10.0 Å². The van der Waals surface area contributed by atoms with Crippen LogP contribution >= 0.6 is 35.0 Å². The summed E-state index contributed by atoms with van der Waals surface area (Å²) < 4.78 is 0. The van der Waals surface area contributed by atoms with E-state index in [2.05, 4.69) is 9.97 Å². The highest BCUT2D eigenvalue weighted by Gasteiger charge is 2.10. The van der Waals surface area contributed by atoms with Crippen molar-refractivity contribution in [3.8, 4) is 5.88 Å². The smallest absolute Gasteiger partial charge is 0.244 e. The predicted molar refractivity (Wildman–Crippen MR) is 64.3 cm³/mol. The van der Waals surface area contributed by atoms with Gasteiger partial charge in [-0.25, -0.2) is 9.97 Å². The number of rotatable bonds is 2. The number of halogens is 2. The molecule has 0 aliphatic heterocycles. The number of benzene rings is 1. The second-order valence-electron chi connectivity index (χ2n) is 2.84. The average molecular weight is 273 g/mol. The van der Waals surface area contributed by atoms with Crippen molar-refractivity contribution in [2.24, 2.45) is 0 Å². The highest BCUT2D eigenvalue weighted by molar-refractivity contribution is 7.99. The number of aromatic hydroxyl groups is 1. The first kappa shape index (κ1) is 11.5. The van der Waals surface area contributed by atoms with Crippen LogP contribution in [0.2, 0.25) is 10.0 Å². The molecule has 16 heavy (non-hydrogen) atoms. The monoisotopic (exact) mass is 272 g/mol. The van der Waals surface area contributed by atoms with Gasteiger partial charge in [0.2, 0.25) is 5.88 Å². The van der Waals surface area contributed by atoms with Crippen LogP contribution in [0.15, 0.2) is 40.5 Å². The second kappa shape index (κ2) is 4.91. The van der Waals surface area contributed by atoms with Gasteiger partial charge in [0.1, 0.15) is 0 Å². The molecule has 0 aliphatic carbocycles. The van der Waals surface area contributed by atoms with E-state index in [9.17, 15) is 5.11 Å². The number of aromatic nitrogens is 2. The van der Waals surface area contributed by atoms with Crippen LogP contribution in [0.5, 0.6) is 5.88 Å². The van der Waals surface area contributed by atoms with Crippen LogP contribution in [0.1, 0.15) is 0 Å². The lowest BCUT2D eigenvalue weighted by Crippen LogP contribution is -1.84. The van der Waals surface area contributed by atoms with Gasteiger partial charge in [-0.3, -0.25) is 0 Å². The number of hydrogen-bond acceptors (Lipinski definition) is 4. The zero-order valence-corrected chi connectivity index (χ0v) is 10.2. The Hall–Kier alpha value is -0.970. The molecule has 6 heteroatoms. The molecule has 1 heterocycles. The zero-order valence-electron chi connectivity index (χ0n) is 7.89. The maximum Gasteiger partial charge on any atom is 0.244 e. The molecule has 0 amide bonds. The van der Waals surface area contributed by atoms with Gasteiger partial charge in [0.25, 0.3) is 0 Å². The maximum absolute atomic E-state index is 9.46. The Morgan fingerprint density at radius 1 is 1.12 bits per heavy atom. The fourth-order valence-corrected chi connectivity index (χ4v) is 2.34. The minimum Gasteiger partial charge on any atom is -0.491 e. The second-order valence-corrected chi connectivity index (χ2v) is 4.65. The van der Waals surface area contributed by atoms with Crippen LogP contribution in [0, 0.1) is 0 Å². The molecule has 0 saturated carbocycles. The van der Waals surface area contributed by atoms with Gasteiger partial charge in [-0.2, -0.15) is 0 Å². The third-order valence-corrected chi connectivity index (χ3v) is 3.74. The molecule has 0 unspecified atom stereocenters. The van der Waals surface area contributed by atoms with Crippen molar-refractivity contribution >= 4 is 35.0 Å². The minimum atomic E-state index is -0.122. The standard InChI is InChI=1S/C10H6Cl2N2OS/c11-6-2-1-3-7(8(6)12)16-10-9(15)13-4-5-14-10/h1-5H,(H,13,15). The first-order chi connectivity index (χ1) is 7.68. The zero-order chi connectivity index (χ0) is 11.5. The molecule has 3 nitrogen and oxygen atoms in total. The largest absolute Gasteiger partial charge is 0.491 e. The van der Waals surface area contributed by atoms with Crippen LogP contribution in [0.25, 0.3) is 0 Å². The van der Waals surface area contributed by atoms with Gasteiger partial charge in [0, 0.05) is 17.3 Å². The van der Waals surface area contributed by atoms with Crippen LogP contribution in [-0.4, -0.2) is 15.1 Å². The lowest BCUT2D eigenvalue weighted by atomic mass is 10.4. The fraction of sp³-hybridized carbons (Fsp3) is 0. The van der Waals surface area contributed by atoms with E-state index in [1.807, 2.05) is 0 Å². The fourth-order valence-electron chi connectivity index (χ4n) is 1.06. The summed E-state index contributed by atoms with van der Waals surface area (Å²) in [5.74, 6) is -0.122. The summed E-state index contributed by atoms with van der Waals surface area (Å²) in [6.07, 6.45) is 2.92. The summed E-state index contributed by atoms with van der Waals surface area (Å²) in [7, 11) is 0. The van der Waals surface area contributed by atoms with E-state index in [0.717, 1.165) is 4.90 Å². The minimum absolute atomic E-state index is 0.122. The summed E-state index contributed by atoms with van der Waals surface area (Å²) in [4.78, 5) is 8.44. The maximum atomic E-state index is 9.46. The van der Waals surface area contributed by atoms with Crippen molar-refractivity contribution < 1.29 is 5.11 Å². The van der Waals surface area contributed by atoms with E-state index in [4.69, 9.17) is 23.2 Å². The summed E-state index contributed by atoms with van der Waals surface area (Å²) in [6, 6.07) is 5.28. The van der Waals surface area contributed by atoms with Crippen LogP contribution in [0.3, 0.4) is 0 Å². The Morgan fingerprint density at radius 3 is 2.62 bits per heavy atom. The molecule has 0 saturated heterocycles. The molecule has 0 fully saturated rings. The van der Waals surface area contributed by atoms with Gasteiger partial charge < -0.3 is 5.11 Å². The summed E-state index contributed by atoms with van der Waals surface area (Å²) in [5, 5.41) is 10.8. The molecule has 2 rings (SSSR count). The third kappa shape index (κ3) is 2.40. The predicted octanol–water partition coefficient (Wildman–Crippen LogP) is 3.64. The Bertz CT molecular complexity index is 522. The van der Waals surface area contributed by atoms with Crippen molar-refractivity contribution in [1.82, 2.24) is 9.97 Å². The molecule has 0 spiro atoms. The molecule has 1 aromatic carbocycles. The topological polar surface area (TPSA) is 46.0 Å². The van der Waals surface area contributed by atoms with Crippen molar-refractivity contribution in [3.63, 3.8) is 0 Å². The Labute approximate surface area is 106 Å². The molecule has 1 aromatic heterocycles. The first-order valence-electron chi connectivity index (χ1n) is 4.30. The van der Waals surface area contributed by atoms with Crippen LogP contribution in [-0.2, 0) is 0 Å². The SMILES string of the molecule is Oc1nccnc1Sc1cccc(Cl)c1Cl. The molecular formula is C10H6Cl2N2OS. The summed E-state index contributed by atoms with van der Waals surface area (Å²) >= 11 is 13.1. The van der Waals surface area contributed by atoms with Gasteiger partial charge in [0.15, 0.2) is 5.03 Å². The van der Waals surface area contributed by atoms with Crippen LogP contribution in [0.4, 0.5) is 0 Å². The molecule has 1 N–H and O–H groups in total. The quantitative estimate of drug-likeness (QED) is 0.907. The highest BCUT2D eigenvalue weighted by Crippen LogP contribution is 2.38. The van der Waals surface area contributed by atoms with E-state index >= 15 is 0 Å². The van der Waals surface area contributed by atoms with Gasteiger partial charge in [-0.15, -0.1) is 0 Å². The van der Waals surface area contributed by atoms with Gasteiger partial charge >= 0.3 is 0 Å². The van der Waals surface area contributed by atoms with Crippen molar-refractivity contribution in [3.05, 3.63) is 40.6 Å². The Kier molecular flexibility index (Phi) is 3.53. The van der Waals surface area contributed by atoms with E-state index in [-0.39, 0.29) is 5.88 Å². The molecule has 82 valence electrons. The van der Waals surface area contributed by atoms with E-state index < -0.39 is 0 Å². The van der Waals surface area contributed by atoms with Crippen molar-refractivity contribution in [2.75, 3.05) is 0 Å². The molecule has 0 aliphatic rings. The Balaban J connectivity index is 2.35. The van der Waals surface area contributed by atoms with E-state index in [1.54, 1.807) is 18.2 Å². The molecule has 0 radical (unpaired) electrons. The highest BCUT2D eigenvalue weighted by atomic mass is 35.5. The average Bonchev–Trinajstić information content (AvgIpc) is 2.28. The Morgan fingerprint density at radius 2 is 1.88 bits per heavy atom. The number of nitrogens with zero attached hydrogens (tertiary/aromatic N) is 2. The molecule has 0 bridgehead atoms. The molecule has 0 atom stereocenters. The third-order valence-electron chi connectivity index (χ3n) is 1.77. The van der Waals surface area contributed by atoms with Gasteiger partial charge in [-0.1, -0.05) is 41.0 Å². The summed E-state index contributed by atoms with van der Waals surface area (Å²) in [5.41, 5.74) is 0. The van der Waals surface area contributed by atoms with Crippen LogP contribution < -0.4 is 0 Å². The lowest BCUT2D eigenvalue weighted by Gasteiger charge is -2.05. The van der Waals surface area contributed by atoms with Crippen molar-refractivity contribution in [2.45, 2.75) is 9.92 Å². The van der Waals surface area contributed by atoms with Gasteiger partial charge in [-0.05, 0) is 12.1 Å². The lowest BCUT2D eigenvalue weighted by molar-refractivity contribution is 0.433. The molecule has 2 aromatic rings. The first-order valence-corrected chi connectivity index (χ1v) is 5.87. The van der Waals surface area contributed by atoms with E-state index in [1.165, 1.54) is 24.2 Å².